The first-order valence-corrected chi connectivity index (χ1v) is 7.53. The van der Waals surface area contributed by atoms with E-state index in [0.717, 1.165) is 22.7 Å². The minimum atomic E-state index is 0.0985. The molecule has 0 amide bonds. The lowest BCUT2D eigenvalue weighted by molar-refractivity contribution is 0.319. The van der Waals surface area contributed by atoms with Gasteiger partial charge in [0.25, 0.3) is 0 Å². The molecule has 0 aliphatic rings. The van der Waals surface area contributed by atoms with Crippen molar-refractivity contribution in [3.63, 3.8) is 0 Å². The Labute approximate surface area is 131 Å². The molecule has 0 bridgehead atoms. The standard InChI is InChI=1S/C17H21ClN2O/c1-3-10-21-17-11-13(8-9-16(17)19)20-12(2)14-6-4-5-7-15(14)18/h4-9,11-12,20H,3,10,19H2,1-2H3. The number of hydrogen-bond donors (Lipinski definition) is 2. The fourth-order valence-electron chi connectivity index (χ4n) is 2.12. The van der Waals surface area contributed by atoms with Gasteiger partial charge >= 0.3 is 0 Å². The molecular formula is C17H21ClN2O. The Morgan fingerprint density at radius 3 is 2.71 bits per heavy atom. The number of nitrogens with one attached hydrogen (secondary N) is 1. The Kier molecular flexibility index (Phi) is 5.34. The van der Waals surface area contributed by atoms with Crippen molar-refractivity contribution in [2.24, 2.45) is 0 Å². The van der Waals surface area contributed by atoms with Gasteiger partial charge in [-0.2, -0.15) is 0 Å². The molecule has 1 atom stereocenters. The maximum Gasteiger partial charge on any atom is 0.144 e. The summed E-state index contributed by atoms with van der Waals surface area (Å²) in [5.74, 6) is 0.716. The molecule has 2 aromatic rings. The molecule has 2 aromatic carbocycles. The van der Waals surface area contributed by atoms with E-state index in [1.807, 2.05) is 42.5 Å². The first-order valence-electron chi connectivity index (χ1n) is 7.15. The van der Waals surface area contributed by atoms with Crippen molar-refractivity contribution < 1.29 is 4.74 Å². The van der Waals surface area contributed by atoms with E-state index >= 15 is 0 Å². The Bertz CT molecular complexity index is 601. The van der Waals surface area contributed by atoms with Gasteiger partial charge in [0.1, 0.15) is 5.75 Å². The highest BCUT2D eigenvalue weighted by Gasteiger charge is 2.10. The summed E-state index contributed by atoms with van der Waals surface area (Å²) < 4.78 is 5.65. The second kappa shape index (κ2) is 7.23. The highest BCUT2D eigenvalue weighted by molar-refractivity contribution is 6.31. The third-order valence-electron chi connectivity index (χ3n) is 3.23. The maximum atomic E-state index is 6.23. The molecule has 0 radical (unpaired) electrons. The molecule has 0 aliphatic heterocycles. The molecule has 1 unspecified atom stereocenters. The monoisotopic (exact) mass is 304 g/mol. The number of nitrogen functional groups attached to an aromatic ring is 1. The van der Waals surface area contributed by atoms with Gasteiger partial charge in [-0.25, -0.2) is 0 Å². The Morgan fingerprint density at radius 2 is 2.00 bits per heavy atom. The highest BCUT2D eigenvalue weighted by Crippen LogP contribution is 2.30. The van der Waals surface area contributed by atoms with E-state index in [0.29, 0.717) is 18.0 Å². The lowest BCUT2D eigenvalue weighted by atomic mass is 10.1. The van der Waals surface area contributed by atoms with E-state index in [1.54, 1.807) is 0 Å². The zero-order valence-electron chi connectivity index (χ0n) is 12.4. The predicted molar refractivity (Wildman–Crippen MR) is 90.1 cm³/mol. The van der Waals surface area contributed by atoms with E-state index < -0.39 is 0 Å². The van der Waals surface area contributed by atoms with Gasteiger partial charge in [-0.15, -0.1) is 0 Å². The number of anilines is 2. The van der Waals surface area contributed by atoms with Gasteiger partial charge < -0.3 is 15.8 Å². The molecule has 112 valence electrons. The van der Waals surface area contributed by atoms with Gasteiger partial charge in [-0.1, -0.05) is 36.7 Å². The molecule has 0 spiro atoms. The first-order chi connectivity index (χ1) is 10.1. The lowest BCUT2D eigenvalue weighted by Gasteiger charge is -2.18. The number of nitrogens with two attached hydrogens (primary N) is 1. The molecule has 3 N–H and O–H groups in total. The highest BCUT2D eigenvalue weighted by atomic mass is 35.5. The van der Waals surface area contributed by atoms with Crippen molar-refractivity contribution in [3.05, 3.63) is 53.1 Å². The average Bonchev–Trinajstić information content (AvgIpc) is 2.48. The molecule has 2 rings (SSSR count). The van der Waals surface area contributed by atoms with Gasteiger partial charge in [0, 0.05) is 22.8 Å². The lowest BCUT2D eigenvalue weighted by Crippen LogP contribution is -2.08. The fraction of sp³-hybridized carbons (Fsp3) is 0.294. The van der Waals surface area contributed by atoms with Crippen LogP contribution in [0, 0.1) is 0 Å². The van der Waals surface area contributed by atoms with Crippen LogP contribution in [0.4, 0.5) is 11.4 Å². The molecule has 3 nitrogen and oxygen atoms in total. The second-order valence-corrected chi connectivity index (χ2v) is 5.40. The molecule has 0 heterocycles. The van der Waals surface area contributed by atoms with E-state index in [9.17, 15) is 0 Å². The number of ether oxygens (including phenoxy) is 1. The summed E-state index contributed by atoms with van der Waals surface area (Å²) in [5.41, 5.74) is 8.60. The van der Waals surface area contributed by atoms with Crippen LogP contribution in [0.15, 0.2) is 42.5 Å². The van der Waals surface area contributed by atoms with Crippen LogP contribution in [-0.4, -0.2) is 6.61 Å². The normalized spacial score (nSPS) is 12.0. The van der Waals surface area contributed by atoms with Crippen LogP contribution < -0.4 is 15.8 Å². The Morgan fingerprint density at radius 1 is 1.24 bits per heavy atom. The summed E-state index contributed by atoms with van der Waals surface area (Å²) in [6, 6.07) is 13.7. The SMILES string of the molecule is CCCOc1cc(NC(C)c2ccccc2Cl)ccc1N. The first kappa shape index (κ1) is 15.5. The molecule has 4 heteroatoms. The third-order valence-corrected chi connectivity index (χ3v) is 3.57. The van der Waals surface area contributed by atoms with Crippen molar-refractivity contribution >= 4 is 23.0 Å². The van der Waals surface area contributed by atoms with Crippen molar-refractivity contribution in [1.82, 2.24) is 0 Å². The minimum absolute atomic E-state index is 0.0985. The second-order valence-electron chi connectivity index (χ2n) is 4.99. The predicted octanol–water partition coefficient (Wildman–Crippen LogP) is 4.88. The van der Waals surface area contributed by atoms with Crippen molar-refractivity contribution in [2.45, 2.75) is 26.3 Å². The van der Waals surface area contributed by atoms with Crippen LogP contribution in [0.2, 0.25) is 5.02 Å². The molecule has 0 fully saturated rings. The van der Waals surface area contributed by atoms with Gasteiger partial charge in [-0.3, -0.25) is 0 Å². The molecule has 0 saturated carbocycles. The zero-order chi connectivity index (χ0) is 15.2. The Hall–Kier alpha value is -1.87. The molecule has 0 aromatic heterocycles. The maximum absolute atomic E-state index is 6.23. The molecule has 21 heavy (non-hydrogen) atoms. The zero-order valence-corrected chi connectivity index (χ0v) is 13.2. The van der Waals surface area contributed by atoms with Gasteiger partial charge in [0.15, 0.2) is 0 Å². The quantitative estimate of drug-likeness (QED) is 0.747. The van der Waals surface area contributed by atoms with Crippen molar-refractivity contribution in [3.8, 4) is 5.75 Å². The number of rotatable bonds is 6. The summed E-state index contributed by atoms with van der Waals surface area (Å²) in [5, 5.41) is 4.18. The van der Waals surface area contributed by atoms with E-state index in [2.05, 4.69) is 19.2 Å². The van der Waals surface area contributed by atoms with Crippen molar-refractivity contribution in [2.75, 3.05) is 17.7 Å². The van der Waals surface area contributed by atoms with Crippen LogP contribution in [0.3, 0.4) is 0 Å². The number of benzene rings is 2. The molecular weight excluding hydrogens is 284 g/mol. The third kappa shape index (κ3) is 4.05. The average molecular weight is 305 g/mol. The van der Waals surface area contributed by atoms with Gasteiger partial charge in [0.05, 0.1) is 12.3 Å². The van der Waals surface area contributed by atoms with Crippen LogP contribution >= 0.6 is 11.6 Å². The van der Waals surface area contributed by atoms with Gasteiger partial charge in [0.2, 0.25) is 0 Å². The number of hydrogen-bond acceptors (Lipinski definition) is 3. The van der Waals surface area contributed by atoms with E-state index in [4.69, 9.17) is 22.1 Å². The molecule has 0 aliphatic carbocycles. The van der Waals surface area contributed by atoms with E-state index in [-0.39, 0.29) is 6.04 Å². The van der Waals surface area contributed by atoms with Crippen LogP contribution in [0.5, 0.6) is 5.75 Å². The molecule has 0 saturated heterocycles. The van der Waals surface area contributed by atoms with Crippen molar-refractivity contribution in [1.29, 1.82) is 0 Å². The summed E-state index contributed by atoms with van der Waals surface area (Å²) >= 11 is 6.23. The minimum Gasteiger partial charge on any atom is -0.491 e. The number of halogens is 1. The van der Waals surface area contributed by atoms with Crippen LogP contribution in [-0.2, 0) is 0 Å². The Balaban J connectivity index is 2.14. The smallest absolute Gasteiger partial charge is 0.144 e. The van der Waals surface area contributed by atoms with Gasteiger partial charge in [-0.05, 0) is 37.1 Å². The summed E-state index contributed by atoms with van der Waals surface area (Å²) in [4.78, 5) is 0. The summed E-state index contributed by atoms with van der Waals surface area (Å²) in [6.07, 6.45) is 0.952. The summed E-state index contributed by atoms with van der Waals surface area (Å²) in [7, 11) is 0. The summed E-state index contributed by atoms with van der Waals surface area (Å²) in [6.45, 7) is 4.80. The largest absolute Gasteiger partial charge is 0.491 e. The van der Waals surface area contributed by atoms with Crippen LogP contribution in [0.25, 0.3) is 0 Å². The van der Waals surface area contributed by atoms with E-state index in [1.165, 1.54) is 0 Å². The van der Waals surface area contributed by atoms with Crippen LogP contribution in [0.1, 0.15) is 31.9 Å². The topological polar surface area (TPSA) is 47.3 Å². The fourth-order valence-corrected chi connectivity index (χ4v) is 2.41.